The van der Waals surface area contributed by atoms with Gasteiger partial charge in [-0.1, -0.05) is 34.6 Å². The van der Waals surface area contributed by atoms with Crippen molar-refractivity contribution in [3.63, 3.8) is 0 Å². The first-order valence-electron chi connectivity index (χ1n) is 6.78. The van der Waals surface area contributed by atoms with E-state index in [1.807, 2.05) is 0 Å². The van der Waals surface area contributed by atoms with E-state index in [1.165, 1.54) is 0 Å². The summed E-state index contributed by atoms with van der Waals surface area (Å²) in [5, 5.41) is 12.6. The first kappa shape index (κ1) is 16.4. The monoisotopic (exact) mass is 243 g/mol. The van der Waals surface area contributed by atoms with Crippen molar-refractivity contribution in [3.05, 3.63) is 0 Å². The van der Waals surface area contributed by atoms with Crippen LogP contribution >= 0.6 is 0 Å². The molecule has 0 atom stereocenters. The molecule has 0 unspecified atom stereocenters. The first-order valence-corrected chi connectivity index (χ1v) is 6.78. The van der Waals surface area contributed by atoms with Crippen LogP contribution in [0, 0.1) is 11.8 Å². The Hall–Kier alpha value is -0.570. The van der Waals surface area contributed by atoms with Crippen LogP contribution in [0.15, 0.2) is 0 Å². The highest BCUT2D eigenvalue weighted by Gasteiger charge is 2.33. The van der Waals surface area contributed by atoms with Gasteiger partial charge >= 0.3 is 5.97 Å². The smallest absolute Gasteiger partial charge is 0.305 e. The molecule has 0 aliphatic heterocycles. The standard InChI is InChI=1S/C14H29NO2/c1-6-7-15-14(8-11(2)3,9-12(4)5)10-13(16)17/h11-12,15H,6-10H2,1-5H3,(H,16,17). The van der Waals surface area contributed by atoms with Crippen LogP contribution in [0.3, 0.4) is 0 Å². The molecule has 0 aliphatic carbocycles. The fraction of sp³-hybridized carbons (Fsp3) is 0.929. The summed E-state index contributed by atoms with van der Waals surface area (Å²) < 4.78 is 0. The maximum Gasteiger partial charge on any atom is 0.305 e. The Labute approximate surface area is 106 Å². The molecule has 0 aromatic rings. The molecule has 0 amide bonds. The first-order chi connectivity index (χ1) is 7.81. The van der Waals surface area contributed by atoms with E-state index in [2.05, 4.69) is 39.9 Å². The molecule has 3 nitrogen and oxygen atoms in total. The van der Waals surface area contributed by atoms with E-state index in [0.29, 0.717) is 11.8 Å². The second-order valence-corrected chi connectivity index (χ2v) is 5.97. The highest BCUT2D eigenvalue weighted by atomic mass is 16.4. The van der Waals surface area contributed by atoms with E-state index in [0.717, 1.165) is 25.8 Å². The highest BCUT2D eigenvalue weighted by Crippen LogP contribution is 2.28. The lowest BCUT2D eigenvalue weighted by Gasteiger charge is -2.37. The number of nitrogens with one attached hydrogen (secondary N) is 1. The van der Waals surface area contributed by atoms with Crippen molar-refractivity contribution in [1.82, 2.24) is 5.32 Å². The molecule has 2 N–H and O–H groups in total. The Morgan fingerprint density at radius 3 is 1.94 bits per heavy atom. The van der Waals surface area contributed by atoms with Gasteiger partial charge in [-0.25, -0.2) is 0 Å². The van der Waals surface area contributed by atoms with Crippen LogP contribution in [0.25, 0.3) is 0 Å². The van der Waals surface area contributed by atoms with Crippen molar-refractivity contribution >= 4 is 5.97 Å². The molecule has 0 radical (unpaired) electrons. The van der Waals surface area contributed by atoms with Crippen molar-refractivity contribution < 1.29 is 9.90 Å². The minimum atomic E-state index is -0.699. The van der Waals surface area contributed by atoms with E-state index in [1.54, 1.807) is 0 Å². The third kappa shape index (κ3) is 7.37. The van der Waals surface area contributed by atoms with Crippen LogP contribution in [0.5, 0.6) is 0 Å². The summed E-state index contributed by atoms with van der Waals surface area (Å²) >= 11 is 0. The molecule has 0 rings (SSSR count). The van der Waals surface area contributed by atoms with Crippen molar-refractivity contribution in [2.24, 2.45) is 11.8 Å². The average Bonchev–Trinajstić information content (AvgIpc) is 2.11. The third-order valence-corrected chi connectivity index (χ3v) is 2.84. The van der Waals surface area contributed by atoms with Gasteiger partial charge in [0.05, 0.1) is 6.42 Å². The Bertz CT molecular complexity index is 214. The topological polar surface area (TPSA) is 49.3 Å². The second kappa shape index (κ2) is 7.70. The van der Waals surface area contributed by atoms with Gasteiger partial charge in [0.25, 0.3) is 0 Å². The zero-order chi connectivity index (χ0) is 13.5. The van der Waals surface area contributed by atoms with Gasteiger partial charge in [-0.05, 0) is 37.6 Å². The average molecular weight is 243 g/mol. The van der Waals surface area contributed by atoms with E-state index >= 15 is 0 Å². The Balaban J connectivity index is 4.82. The summed E-state index contributed by atoms with van der Waals surface area (Å²) in [7, 11) is 0. The second-order valence-electron chi connectivity index (χ2n) is 5.97. The number of carbonyl (C=O) groups is 1. The van der Waals surface area contributed by atoms with Gasteiger partial charge < -0.3 is 10.4 Å². The predicted octanol–water partition coefficient (Wildman–Crippen LogP) is 3.29. The third-order valence-electron chi connectivity index (χ3n) is 2.84. The van der Waals surface area contributed by atoms with Crippen LogP contribution in [0.1, 0.15) is 60.3 Å². The molecule has 0 saturated carbocycles. The van der Waals surface area contributed by atoms with Crippen molar-refractivity contribution in [2.45, 2.75) is 65.8 Å². The highest BCUT2D eigenvalue weighted by molar-refractivity contribution is 5.68. The quantitative estimate of drug-likeness (QED) is 0.653. The number of carboxylic acids is 1. The molecule has 0 spiro atoms. The van der Waals surface area contributed by atoms with Crippen LogP contribution in [0.4, 0.5) is 0 Å². The fourth-order valence-electron chi connectivity index (χ4n) is 2.68. The lowest BCUT2D eigenvalue weighted by Crippen LogP contribution is -2.49. The van der Waals surface area contributed by atoms with E-state index in [-0.39, 0.29) is 12.0 Å². The normalized spacial score (nSPS) is 12.4. The van der Waals surface area contributed by atoms with Crippen molar-refractivity contribution in [3.8, 4) is 0 Å². The summed E-state index contributed by atoms with van der Waals surface area (Å²) in [4.78, 5) is 11.1. The van der Waals surface area contributed by atoms with Crippen LogP contribution in [-0.2, 0) is 4.79 Å². The Kier molecular flexibility index (Phi) is 7.44. The molecule has 0 fully saturated rings. The van der Waals surface area contributed by atoms with E-state index in [9.17, 15) is 4.79 Å². The van der Waals surface area contributed by atoms with Gasteiger partial charge in [0, 0.05) is 5.54 Å². The molecule has 17 heavy (non-hydrogen) atoms. The van der Waals surface area contributed by atoms with Gasteiger partial charge in [-0.15, -0.1) is 0 Å². The fourth-order valence-corrected chi connectivity index (χ4v) is 2.68. The molecule has 3 heteroatoms. The van der Waals surface area contributed by atoms with Gasteiger partial charge in [0.1, 0.15) is 0 Å². The molecule has 0 aromatic carbocycles. The minimum absolute atomic E-state index is 0.226. The number of hydrogen-bond donors (Lipinski definition) is 2. The molecular formula is C14H29NO2. The van der Waals surface area contributed by atoms with Crippen LogP contribution in [-0.4, -0.2) is 23.2 Å². The molecule has 0 heterocycles. The van der Waals surface area contributed by atoms with Gasteiger partial charge in [0.15, 0.2) is 0 Å². The summed E-state index contributed by atoms with van der Waals surface area (Å²) in [6.07, 6.45) is 3.12. The lowest BCUT2D eigenvalue weighted by atomic mass is 9.79. The summed E-state index contributed by atoms with van der Waals surface area (Å²) in [6, 6.07) is 0. The largest absolute Gasteiger partial charge is 0.481 e. The number of aliphatic carboxylic acids is 1. The van der Waals surface area contributed by atoms with Crippen LogP contribution < -0.4 is 5.32 Å². The van der Waals surface area contributed by atoms with Crippen LogP contribution in [0.2, 0.25) is 0 Å². The van der Waals surface area contributed by atoms with Gasteiger partial charge in [0.2, 0.25) is 0 Å². The molecule has 0 aliphatic rings. The SMILES string of the molecule is CCCNC(CC(=O)O)(CC(C)C)CC(C)C. The summed E-state index contributed by atoms with van der Waals surface area (Å²) in [5.74, 6) is 0.324. The van der Waals surface area contributed by atoms with Crippen molar-refractivity contribution in [2.75, 3.05) is 6.54 Å². The minimum Gasteiger partial charge on any atom is -0.481 e. The molecular weight excluding hydrogens is 214 g/mol. The molecule has 0 saturated heterocycles. The maximum absolute atomic E-state index is 11.1. The molecule has 0 bridgehead atoms. The number of carboxylic acid groups (broad SMARTS) is 1. The molecule has 0 aromatic heterocycles. The van der Waals surface area contributed by atoms with Gasteiger partial charge in [-0.2, -0.15) is 0 Å². The summed E-state index contributed by atoms with van der Waals surface area (Å²) in [5.41, 5.74) is -0.232. The summed E-state index contributed by atoms with van der Waals surface area (Å²) in [6.45, 7) is 11.6. The Morgan fingerprint density at radius 2 is 1.65 bits per heavy atom. The van der Waals surface area contributed by atoms with Crippen molar-refractivity contribution in [1.29, 1.82) is 0 Å². The number of rotatable bonds is 9. The zero-order valence-electron chi connectivity index (χ0n) is 12.0. The van der Waals surface area contributed by atoms with E-state index in [4.69, 9.17) is 5.11 Å². The number of hydrogen-bond acceptors (Lipinski definition) is 2. The lowest BCUT2D eigenvalue weighted by molar-refractivity contribution is -0.139. The predicted molar refractivity (Wildman–Crippen MR) is 72.2 cm³/mol. The molecule has 102 valence electrons. The van der Waals surface area contributed by atoms with Gasteiger partial charge in [-0.3, -0.25) is 4.79 Å². The Morgan fingerprint density at radius 1 is 1.18 bits per heavy atom. The van der Waals surface area contributed by atoms with E-state index < -0.39 is 5.97 Å². The maximum atomic E-state index is 11.1. The zero-order valence-corrected chi connectivity index (χ0v) is 12.0.